The molecule has 0 bridgehead atoms. The van der Waals surface area contributed by atoms with Crippen molar-refractivity contribution >= 4 is 23.2 Å². The van der Waals surface area contributed by atoms with E-state index in [0.717, 1.165) is 37.2 Å². The van der Waals surface area contributed by atoms with Crippen LogP contribution in [-0.2, 0) is 4.79 Å². The van der Waals surface area contributed by atoms with Crippen LogP contribution in [0.5, 0.6) is 0 Å². The van der Waals surface area contributed by atoms with E-state index in [1.165, 1.54) is 0 Å². The van der Waals surface area contributed by atoms with Crippen LogP contribution in [0.2, 0.25) is 0 Å². The normalized spacial score (nSPS) is 15.0. The zero-order chi connectivity index (χ0) is 21.7. The van der Waals surface area contributed by atoms with E-state index in [1.807, 2.05) is 70.2 Å². The van der Waals surface area contributed by atoms with Crippen molar-refractivity contribution in [1.82, 2.24) is 5.32 Å². The molecule has 0 saturated carbocycles. The first-order chi connectivity index (χ1) is 14.2. The average Bonchev–Trinajstić information content (AvgIpc) is 3.21. The highest BCUT2D eigenvalue weighted by molar-refractivity contribution is 6.02. The van der Waals surface area contributed by atoms with Crippen molar-refractivity contribution in [3.63, 3.8) is 0 Å². The molecule has 1 heterocycles. The lowest BCUT2D eigenvalue weighted by molar-refractivity contribution is -0.117. The van der Waals surface area contributed by atoms with Crippen LogP contribution in [0.4, 0.5) is 11.4 Å². The van der Waals surface area contributed by atoms with Gasteiger partial charge in [-0.05, 0) is 48.9 Å². The molecular formula is C25H33N3O2. The largest absolute Gasteiger partial charge is 0.371 e. The van der Waals surface area contributed by atoms with Gasteiger partial charge in [0.2, 0.25) is 5.91 Å². The van der Waals surface area contributed by atoms with Crippen LogP contribution in [0, 0.1) is 5.41 Å². The summed E-state index contributed by atoms with van der Waals surface area (Å²) in [5.74, 6) is -0.166. The molecule has 1 saturated heterocycles. The summed E-state index contributed by atoms with van der Waals surface area (Å²) in [6, 6.07) is 15.5. The summed E-state index contributed by atoms with van der Waals surface area (Å²) in [7, 11) is 0. The number of nitrogens with zero attached hydrogens (tertiary/aromatic N) is 1. The quantitative estimate of drug-likeness (QED) is 0.696. The molecule has 1 aliphatic rings. The maximum Gasteiger partial charge on any atom is 0.253 e. The SMILES string of the molecule is C[C@H](NC(=O)c1cc(NC(=O)CC(C)(C)C)ccc1N1CCCC1)c1ccccc1. The Hall–Kier alpha value is -2.82. The maximum absolute atomic E-state index is 13.2. The number of anilines is 2. The lowest BCUT2D eigenvalue weighted by Crippen LogP contribution is -2.29. The second kappa shape index (κ2) is 9.33. The van der Waals surface area contributed by atoms with E-state index >= 15 is 0 Å². The molecule has 2 N–H and O–H groups in total. The summed E-state index contributed by atoms with van der Waals surface area (Å²) in [5.41, 5.74) is 3.16. The molecule has 2 aromatic rings. The molecular weight excluding hydrogens is 374 g/mol. The summed E-state index contributed by atoms with van der Waals surface area (Å²) < 4.78 is 0. The number of carbonyl (C=O) groups excluding carboxylic acids is 2. The first kappa shape index (κ1) is 21.9. The Bertz CT molecular complexity index is 881. The second-order valence-corrected chi connectivity index (χ2v) is 9.32. The summed E-state index contributed by atoms with van der Waals surface area (Å²) in [5, 5.41) is 6.08. The van der Waals surface area contributed by atoms with Crippen molar-refractivity contribution in [3.05, 3.63) is 59.7 Å². The van der Waals surface area contributed by atoms with E-state index in [1.54, 1.807) is 6.07 Å². The first-order valence-electron chi connectivity index (χ1n) is 10.8. The molecule has 1 aliphatic heterocycles. The van der Waals surface area contributed by atoms with Crippen molar-refractivity contribution in [2.75, 3.05) is 23.3 Å². The highest BCUT2D eigenvalue weighted by atomic mass is 16.2. The van der Waals surface area contributed by atoms with Crippen molar-refractivity contribution in [1.29, 1.82) is 0 Å². The number of benzene rings is 2. The molecule has 0 aromatic heterocycles. The lowest BCUT2D eigenvalue weighted by Gasteiger charge is -2.23. The highest BCUT2D eigenvalue weighted by Crippen LogP contribution is 2.29. The molecule has 0 aliphatic carbocycles. The number of hydrogen-bond donors (Lipinski definition) is 2. The molecule has 5 nitrogen and oxygen atoms in total. The molecule has 2 aromatic carbocycles. The van der Waals surface area contributed by atoms with Crippen molar-refractivity contribution in [2.24, 2.45) is 5.41 Å². The van der Waals surface area contributed by atoms with E-state index in [9.17, 15) is 9.59 Å². The topological polar surface area (TPSA) is 61.4 Å². The Morgan fingerprint density at radius 2 is 1.70 bits per heavy atom. The zero-order valence-electron chi connectivity index (χ0n) is 18.5. The third kappa shape index (κ3) is 5.85. The number of amides is 2. The van der Waals surface area contributed by atoms with E-state index in [2.05, 4.69) is 15.5 Å². The average molecular weight is 408 g/mol. The highest BCUT2D eigenvalue weighted by Gasteiger charge is 2.22. The van der Waals surface area contributed by atoms with Gasteiger partial charge in [-0.1, -0.05) is 51.1 Å². The van der Waals surface area contributed by atoms with E-state index < -0.39 is 0 Å². The van der Waals surface area contributed by atoms with Crippen LogP contribution in [-0.4, -0.2) is 24.9 Å². The minimum Gasteiger partial charge on any atom is -0.371 e. The third-order valence-electron chi connectivity index (χ3n) is 5.31. The molecule has 0 radical (unpaired) electrons. The molecule has 160 valence electrons. The standard InChI is InChI=1S/C25H33N3O2/c1-18(19-10-6-5-7-11-19)26-24(30)21-16-20(27-23(29)17-25(2,3)4)12-13-22(21)28-14-8-9-15-28/h5-7,10-13,16,18H,8-9,14-15,17H2,1-4H3,(H,26,30)(H,27,29)/t18-/m0/s1. The number of nitrogens with one attached hydrogen (secondary N) is 2. The van der Waals surface area contributed by atoms with Gasteiger partial charge in [-0.25, -0.2) is 0 Å². The monoisotopic (exact) mass is 407 g/mol. The minimum atomic E-state index is -0.125. The Morgan fingerprint density at radius 1 is 1.03 bits per heavy atom. The summed E-state index contributed by atoms with van der Waals surface area (Å²) in [6.45, 7) is 9.99. The maximum atomic E-state index is 13.2. The Balaban J connectivity index is 1.83. The molecule has 0 spiro atoms. The van der Waals surface area contributed by atoms with Crippen molar-refractivity contribution in [3.8, 4) is 0 Å². The Labute approximate surface area is 179 Å². The molecule has 2 amide bonds. The van der Waals surface area contributed by atoms with Crippen LogP contribution < -0.4 is 15.5 Å². The van der Waals surface area contributed by atoms with Crippen LogP contribution >= 0.6 is 0 Å². The van der Waals surface area contributed by atoms with Crippen LogP contribution in [0.25, 0.3) is 0 Å². The van der Waals surface area contributed by atoms with Gasteiger partial charge in [-0.2, -0.15) is 0 Å². The molecule has 1 fully saturated rings. The van der Waals surface area contributed by atoms with Crippen LogP contribution in [0.1, 0.15) is 68.9 Å². The van der Waals surface area contributed by atoms with Crippen molar-refractivity contribution < 1.29 is 9.59 Å². The fourth-order valence-corrected chi connectivity index (χ4v) is 3.82. The number of rotatable bonds is 6. The smallest absolute Gasteiger partial charge is 0.253 e. The van der Waals surface area contributed by atoms with Gasteiger partial charge in [0, 0.05) is 30.9 Å². The predicted octanol–water partition coefficient (Wildman–Crippen LogP) is 5.15. The third-order valence-corrected chi connectivity index (χ3v) is 5.31. The fraction of sp³-hybridized carbons (Fsp3) is 0.440. The summed E-state index contributed by atoms with van der Waals surface area (Å²) in [4.78, 5) is 27.9. The molecule has 30 heavy (non-hydrogen) atoms. The van der Waals surface area contributed by atoms with Gasteiger partial charge >= 0.3 is 0 Å². The van der Waals surface area contributed by atoms with Gasteiger partial charge < -0.3 is 15.5 Å². The molecule has 5 heteroatoms. The van der Waals surface area contributed by atoms with Crippen molar-refractivity contribution in [2.45, 2.75) is 53.0 Å². The molecule has 1 atom stereocenters. The zero-order valence-corrected chi connectivity index (χ0v) is 18.5. The minimum absolute atomic E-state index is 0.0413. The summed E-state index contributed by atoms with van der Waals surface area (Å²) in [6.07, 6.45) is 2.69. The molecule has 3 rings (SSSR count). The lowest BCUT2D eigenvalue weighted by atomic mass is 9.92. The second-order valence-electron chi connectivity index (χ2n) is 9.32. The summed E-state index contributed by atoms with van der Waals surface area (Å²) >= 11 is 0. The van der Waals surface area contributed by atoms with E-state index in [4.69, 9.17) is 0 Å². The van der Waals surface area contributed by atoms with Crippen LogP contribution in [0.3, 0.4) is 0 Å². The first-order valence-corrected chi connectivity index (χ1v) is 10.8. The molecule has 0 unspecified atom stereocenters. The van der Waals surface area contributed by atoms with Gasteiger partial charge in [0.25, 0.3) is 5.91 Å². The fourth-order valence-electron chi connectivity index (χ4n) is 3.82. The van der Waals surface area contributed by atoms with Crippen LogP contribution in [0.15, 0.2) is 48.5 Å². The van der Waals surface area contributed by atoms with E-state index in [-0.39, 0.29) is 23.3 Å². The van der Waals surface area contributed by atoms with Gasteiger partial charge in [0.1, 0.15) is 0 Å². The Kier molecular flexibility index (Phi) is 6.80. The number of carbonyl (C=O) groups is 2. The van der Waals surface area contributed by atoms with Gasteiger partial charge in [0.05, 0.1) is 11.6 Å². The van der Waals surface area contributed by atoms with Gasteiger partial charge in [0.15, 0.2) is 0 Å². The Morgan fingerprint density at radius 3 is 2.33 bits per heavy atom. The number of hydrogen-bond acceptors (Lipinski definition) is 3. The van der Waals surface area contributed by atoms with Gasteiger partial charge in [-0.3, -0.25) is 9.59 Å². The predicted molar refractivity (Wildman–Crippen MR) is 123 cm³/mol. The van der Waals surface area contributed by atoms with E-state index in [0.29, 0.717) is 17.7 Å². The van der Waals surface area contributed by atoms with Gasteiger partial charge in [-0.15, -0.1) is 0 Å².